The van der Waals surface area contributed by atoms with Crippen LogP contribution in [0.25, 0.3) is 16.9 Å². The van der Waals surface area contributed by atoms with Crippen molar-refractivity contribution in [1.82, 2.24) is 15.1 Å². The maximum atomic E-state index is 13.0. The van der Waals surface area contributed by atoms with Gasteiger partial charge < -0.3 is 10.1 Å². The van der Waals surface area contributed by atoms with Crippen molar-refractivity contribution in [2.45, 2.75) is 25.8 Å². The Labute approximate surface area is 159 Å². The zero-order chi connectivity index (χ0) is 18.8. The molecule has 1 N–H and O–H groups in total. The van der Waals surface area contributed by atoms with Crippen LogP contribution in [-0.2, 0) is 0 Å². The van der Waals surface area contributed by atoms with E-state index in [1.165, 1.54) is 12.8 Å². The molecule has 3 aromatic rings. The normalized spacial score (nSPS) is 14.6. The average Bonchev–Trinajstić information content (AvgIpc) is 3.47. The van der Waals surface area contributed by atoms with E-state index in [9.17, 15) is 4.79 Å². The first-order chi connectivity index (χ1) is 13.2. The largest absolute Gasteiger partial charge is 0.497 e. The number of ether oxygens (including phenoxy) is 1. The van der Waals surface area contributed by atoms with Crippen LogP contribution in [0.15, 0.2) is 60.8 Å². The predicted molar refractivity (Wildman–Crippen MR) is 105 cm³/mol. The quantitative estimate of drug-likeness (QED) is 0.720. The fraction of sp³-hybridized carbons (Fsp3) is 0.273. The summed E-state index contributed by atoms with van der Waals surface area (Å²) in [7, 11) is 1.64. The van der Waals surface area contributed by atoms with Gasteiger partial charge in [0.1, 0.15) is 11.4 Å². The molecule has 0 bridgehead atoms. The number of hydrogen-bond donors (Lipinski definition) is 1. The van der Waals surface area contributed by atoms with Crippen molar-refractivity contribution in [3.8, 4) is 22.7 Å². The van der Waals surface area contributed by atoms with Crippen LogP contribution < -0.4 is 10.1 Å². The Bertz CT molecular complexity index is 928. The Balaban J connectivity index is 1.72. The molecular weight excluding hydrogens is 338 g/mol. The summed E-state index contributed by atoms with van der Waals surface area (Å²) < 4.78 is 7.00. The van der Waals surface area contributed by atoms with Crippen molar-refractivity contribution in [3.05, 3.63) is 66.4 Å². The van der Waals surface area contributed by atoms with Crippen LogP contribution in [-0.4, -0.2) is 28.8 Å². The molecular formula is C22H23N3O2. The lowest BCUT2D eigenvalue weighted by Gasteiger charge is -2.12. The summed E-state index contributed by atoms with van der Waals surface area (Å²) in [6, 6.07) is 17.6. The van der Waals surface area contributed by atoms with Crippen LogP contribution in [0.4, 0.5) is 0 Å². The molecule has 1 aliphatic rings. The zero-order valence-corrected chi connectivity index (χ0v) is 15.6. The number of aromatic nitrogens is 2. The van der Waals surface area contributed by atoms with E-state index in [2.05, 4.69) is 12.2 Å². The fourth-order valence-electron chi connectivity index (χ4n) is 3.21. The standard InChI is InChI=1S/C22H23N3O2/c1-15(16-8-9-16)23-22(26)20-14-25(18-6-4-3-5-7-18)24-21(20)17-10-12-19(27-2)13-11-17/h3-7,10-16H,8-9H2,1-2H3,(H,23,26). The van der Waals surface area contributed by atoms with Crippen molar-refractivity contribution >= 4 is 5.91 Å². The number of benzene rings is 2. The van der Waals surface area contributed by atoms with Gasteiger partial charge in [0, 0.05) is 17.8 Å². The topological polar surface area (TPSA) is 56.2 Å². The number of amides is 1. The lowest BCUT2D eigenvalue weighted by atomic mass is 10.1. The lowest BCUT2D eigenvalue weighted by molar-refractivity contribution is 0.0936. The van der Waals surface area contributed by atoms with E-state index in [1.807, 2.05) is 60.8 Å². The van der Waals surface area contributed by atoms with Gasteiger partial charge in [-0.25, -0.2) is 4.68 Å². The second kappa shape index (κ2) is 7.27. The summed E-state index contributed by atoms with van der Waals surface area (Å²) in [5.41, 5.74) is 3.05. The van der Waals surface area contributed by atoms with E-state index in [-0.39, 0.29) is 11.9 Å². The zero-order valence-electron chi connectivity index (χ0n) is 15.6. The fourth-order valence-corrected chi connectivity index (χ4v) is 3.21. The highest BCUT2D eigenvalue weighted by Gasteiger charge is 2.30. The lowest BCUT2D eigenvalue weighted by Crippen LogP contribution is -2.34. The summed E-state index contributed by atoms with van der Waals surface area (Å²) in [6.45, 7) is 2.07. The van der Waals surface area contributed by atoms with E-state index in [0.29, 0.717) is 17.2 Å². The van der Waals surface area contributed by atoms with Crippen LogP contribution in [0.5, 0.6) is 5.75 Å². The van der Waals surface area contributed by atoms with Crippen LogP contribution >= 0.6 is 0 Å². The first-order valence-electron chi connectivity index (χ1n) is 9.26. The van der Waals surface area contributed by atoms with Gasteiger partial charge in [0.05, 0.1) is 18.4 Å². The van der Waals surface area contributed by atoms with E-state index in [4.69, 9.17) is 9.84 Å². The predicted octanol–water partition coefficient (Wildman–Crippen LogP) is 4.08. The minimum absolute atomic E-state index is 0.0811. The van der Waals surface area contributed by atoms with E-state index >= 15 is 0 Å². The molecule has 2 aromatic carbocycles. The SMILES string of the molecule is COc1ccc(-c2nn(-c3ccccc3)cc2C(=O)NC(C)C2CC2)cc1. The van der Waals surface area contributed by atoms with Crippen LogP contribution in [0.1, 0.15) is 30.1 Å². The second-order valence-corrected chi connectivity index (χ2v) is 7.00. The third-order valence-corrected chi connectivity index (χ3v) is 5.03. The number of rotatable bonds is 6. The molecule has 138 valence electrons. The molecule has 0 spiro atoms. The molecule has 1 aliphatic carbocycles. The number of hydrogen-bond acceptors (Lipinski definition) is 3. The number of carbonyl (C=O) groups is 1. The smallest absolute Gasteiger partial charge is 0.255 e. The number of para-hydroxylation sites is 1. The summed E-state index contributed by atoms with van der Waals surface area (Å²) >= 11 is 0. The number of carbonyl (C=O) groups excluding carboxylic acids is 1. The summed E-state index contributed by atoms with van der Waals surface area (Å²) in [5, 5.41) is 7.85. The molecule has 4 rings (SSSR count). The second-order valence-electron chi connectivity index (χ2n) is 7.00. The molecule has 0 radical (unpaired) electrons. The molecule has 0 aliphatic heterocycles. The minimum atomic E-state index is -0.0811. The maximum Gasteiger partial charge on any atom is 0.255 e. The number of nitrogens with zero attached hydrogens (tertiary/aromatic N) is 2. The van der Waals surface area contributed by atoms with E-state index in [1.54, 1.807) is 11.8 Å². The molecule has 27 heavy (non-hydrogen) atoms. The molecule has 1 heterocycles. The van der Waals surface area contributed by atoms with Gasteiger partial charge in [-0.15, -0.1) is 0 Å². The summed E-state index contributed by atoms with van der Waals surface area (Å²) in [6.07, 6.45) is 4.19. The third-order valence-electron chi connectivity index (χ3n) is 5.03. The molecule has 1 amide bonds. The molecule has 1 fully saturated rings. The van der Waals surface area contributed by atoms with Gasteiger partial charge in [-0.1, -0.05) is 18.2 Å². The first kappa shape index (κ1) is 17.3. The van der Waals surface area contributed by atoms with Crippen molar-refractivity contribution in [2.75, 3.05) is 7.11 Å². The minimum Gasteiger partial charge on any atom is -0.497 e. The summed E-state index contributed by atoms with van der Waals surface area (Å²) in [4.78, 5) is 13.0. The highest BCUT2D eigenvalue weighted by molar-refractivity contribution is 6.00. The van der Waals surface area contributed by atoms with Crippen molar-refractivity contribution in [3.63, 3.8) is 0 Å². The monoisotopic (exact) mass is 361 g/mol. The Morgan fingerprint density at radius 3 is 2.48 bits per heavy atom. The van der Waals surface area contributed by atoms with Crippen molar-refractivity contribution in [1.29, 1.82) is 0 Å². The molecule has 1 aromatic heterocycles. The van der Waals surface area contributed by atoms with Gasteiger partial charge in [-0.2, -0.15) is 5.10 Å². The van der Waals surface area contributed by atoms with Crippen LogP contribution in [0.3, 0.4) is 0 Å². The highest BCUT2D eigenvalue weighted by atomic mass is 16.5. The number of nitrogens with one attached hydrogen (secondary N) is 1. The van der Waals surface area contributed by atoms with Gasteiger partial charge in [0.15, 0.2) is 0 Å². The molecule has 5 nitrogen and oxygen atoms in total. The maximum absolute atomic E-state index is 13.0. The summed E-state index contributed by atoms with van der Waals surface area (Å²) in [5.74, 6) is 1.29. The Hall–Kier alpha value is -3.08. The Kier molecular flexibility index (Phi) is 4.67. The van der Waals surface area contributed by atoms with Gasteiger partial charge in [-0.05, 0) is 62.1 Å². The number of methoxy groups -OCH3 is 1. The average molecular weight is 361 g/mol. The third kappa shape index (κ3) is 3.72. The van der Waals surface area contributed by atoms with Gasteiger partial charge in [0.2, 0.25) is 0 Å². The van der Waals surface area contributed by atoms with Gasteiger partial charge in [-0.3, -0.25) is 4.79 Å². The first-order valence-corrected chi connectivity index (χ1v) is 9.26. The molecule has 1 atom stereocenters. The molecule has 0 saturated heterocycles. The Morgan fingerprint density at radius 1 is 1.15 bits per heavy atom. The van der Waals surface area contributed by atoms with Crippen LogP contribution in [0.2, 0.25) is 0 Å². The molecule has 1 unspecified atom stereocenters. The van der Waals surface area contributed by atoms with Crippen molar-refractivity contribution in [2.24, 2.45) is 5.92 Å². The Morgan fingerprint density at radius 2 is 1.85 bits per heavy atom. The molecule has 1 saturated carbocycles. The molecule has 5 heteroatoms. The van der Waals surface area contributed by atoms with Crippen LogP contribution in [0, 0.1) is 5.92 Å². The van der Waals surface area contributed by atoms with E-state index in [0.717, 1.165) is 17.0 Å². The van der Waals surface area contributed by atoms with Gasteiger partial charge in [0.25, 0.3) is 5.91 Å². The van der Waals surface area contributed by atoms with Gasteiger partial charge >= 0.3 is 0 Å². The van der Waals surface area contributed by atoms with E-state index < -0.39 is 0 Å². The highest BCUT2D eigenvalue weighted by Crippen LogP contribution is 2.33. The van der Waals surface area contributed by atoms with Crippen molar-refractivity contribution < 1.29 is 9.53 Å².